The zero-order chi connectivity index (χ0) is 18.2. The highest BCUT2D eigenvalue weighted by atomic mass is 32.1. The lowest BCUT2D eigenvalue weighted by molar-refractivity contribution is -0.139. The van der Waals surface area contributed by atoms with Gasteiger partial charge in [-0.2, -0.15) is 0 Å². The van der Waals surface area contributed by atoms with Crippen LogP contribution in [0.1, 0.15) is 42.1 Å². The van der Waals surface area contributed by atoms with Crippen molar-refractivity contribution in [1.29, 1.82) is 0 Å². The molecule has 4 nitrogen and oxygen atoms in total. The SMILES string of the molecule is CCCc1nc(/C=C/c2ccccc2/C(=C/OC)C(C)C(=O)O)cs1. The van der Waals surface area contributed by atoms with Gasteiger partial charge in [-0.25, -0.2) is 4.98 Å². The van der Waals surface area contributed by atoms with Crippen molar-refractivity contribution in [2.45, 2.75) is 26.7 Å². The summed E-state index contributed by atoms with van der Waals surface area (Å²) >= 11 is 1.67. The summed E-state index contributed by atoms with van der Waals surface area (Å²) in [6, 6.07) is 7.70. The minimum Gasteiger partial charge on any atom is -0.504 e. The molecule has 2 aromatic rings. The molecule has 1 aromatic carbocycles. The third-order valence-electron chi connectivity index (χ3n) is 3.82. The molecule has 0 aliphatic rings. The molecule has 1 N–H and O–H groups in total. The summed E-state index contributed by atoms with van der Waals surface area (Å²) in [7, 11) is 1.53. The molecule has 1 heterocycles. The maximum atomic E-state index is 11.4. The van der Waals surface area contributed by atoms with Crippen LogP contribution >= 0.6 is 11.3 Å². The third kappa shape index (κ3) is 5.03. The fraction of sp³-hybridized carbons (Fsp3) is 0.300. The summed E-state index contributed by atoms with van der Waals surface area (Å²) in [5, 5.41) is 12.5. The van der Waals surface area contributed by atoms with Gasteiger partial charge in [0.25, 0.3) is 0 Å². The van der Waals surface area contributed by atoms with Crippen LogP contribution in [0.3, 0.4) is 0 Å². The third-order valence-corrected chi connectivity index (χ3v) is 4.75. The molecule has 0 fully saturated rings. The first-order valence-electron chi connectivity index (χ1n) is 8.24. The van der Waals surface area contributed by atoms with Crippen LogP contribution in [0, 0.1) is 5.92 Å². The van der Waals surface area contributed by atoms with E-state index in [2.05, 4.69) is 11.9 Å². The predicted octanol–water partition coefficient (Wildman–Crippen LogP) is 4.97. The number of carboxylic acids is 1. The Bertz CT molecular complexity index is 777. The summed E-state index contributed by atoms with van der Waals surface area (Å²) < 4.78 is 5.12. The first-order chi connectivity index (χ1) is 12.1. The molecule has 0 aliphatic heterocycles. The summed E-state index contributed by atoms with van der Waals surface area (Å²) in [6.45, 7) is 3.80. The van der Waals surface area contributed by atoms with Crippen LogP contribution in [0.5, 0.6) is 0 Å². The molecular weight excluding hydrogens is 334 g/mol. The fourth-order valence-electron chi connectivity index (χ4n) is 2.47. The van der Waals surface area contributed by atoms with E-state index in [1.807, 2.05) is 41.8 Å². The Morgan fingerprint density at radius 2 is 2.12 bits per heavy atom. The van der Waals surface area contributed by atoms with Gasteiger partial charge in [-0.05, 0) is 37.0 Å². The molecule has 0 saturated heterocycles. The van der Waals surface area contributed by atoms with Gasteiger partial charge in [0.1, 0.15) is 0 Å². The normalized spacial score (nSPS) is 13.2. The number of carboxylic acid groups (broad SMARTS) is 1. The van der Waals surface area contributed by atoms with Crippen molar-refractivity contribution >= 4 is 35.0 Å². The van der Waals surface area contributed by atoms with E-state index in [-0.39, 0.29) is 0 Å². The molecule has 1 atom stereocenters. The number of aryl methyl sites for hydroxylation is 1. The number of rotatable bonds is 8. The molecule has 1 aromatic heterocycles. The Hall–Kier alpha value is -2.40. The van der Waals surface area contributed by atoms with E-state index in [9.17, 15) is 9.90 Å². The van der Waals surface area contributed by atoms with E-state index >= 15 is 0 Å². The Kier molecular flexibility index (Phi) is 6.95. The molecule has 5 heteroatoms. The molecule has 0 spiro atoms. The van der Waals surface area contributed by atoms with Gasteiger partial charge in [0, 0.05) is 11.0 Å². The number of benzene rings is 1. The largest absolute Gasteiger partial charge is 0.504 e. The van der Waals surface area contributed by atoms with Gasteiger partial charge in [-0.1, -0.05) is 37.3 Å². The van der Waals surface area contributed by atoms with Crippen molar-refractivity contribution in [2.24, 2.45) is 5.92 Å². The van der Waals surface area contributed by atoms with Gasteiger partial charge in [-0.3, -0.25) is 4.79 Å². The standard InChI is InChI=1S/C20H23NO3S/c1-4-7-19-21-16(13-25-19)11-10-15-8-5-6-9-17(15)18(12-24-3)14(2)20(22)23/h5-6,8-14H,4,7H2,1-3H3,(H,22,23)/b11-10+,18-12+. The lowest BCUT2D eigenvalue weighted by Gasteiger charge is -2.14. The first kappa shape index (κ1) is 18.9. The first-order valence-corrected chi connectivity index (χ1v) is 9.12. The van der Waals surface area contributed by atoms with Crippen molar-refractivity contribution in [3.05, 3.63) is 57.7 Å². The van der Waals surface area contributed by atoms with Crippen LogP contribution in [-0.2, 0) is 16.0 Å². The predicted molar refractivity (Wildman–Crippen MR) is 103 cm³/mol. The van der Waals surface area contributed by atoms with E-state index in [4.69, 9.17) is 4.74 Å². The molecule has 0 radical (unpaired) electrons. The number of thiazole rings is 1. The second-order valence-electron chi connectivity index (χ2n) is 5.71. The molecule has 132 valence electrons. The maximum absolute atomic E-state index is 11.4. The second-order valence-corrected chi connectivity index (χ2v) is 6.65. The lowest BCUT2D eigenvalue weighted by atomic mass is 9.91. The van der Waals surface area contributed by atoms with E-state index in [0.717, 1.165) is 34.7 Å². The fourth-order valence-corrected chi connectivity index (χ4v) is 3.34. The average molecular weight is 357 g/mol. The van der Waals surface area contributed by atoms with Crippen LogP contribution in [0.15, 0.2) is 35.9 Å². The number of methoxy groups -OCH3 is 1. The lowest BCUT2D eigenvalue weighted by Crippen LogP contribution is -2.12. The Balaban J connectivity index is 2.34. The highest BCUT2D eigenvalue weighted by molar-refractivity contribution is 7.09. The van der Waals surface area contributed by atoms with Crippen molar-refractivity contribution in [3.63, 3.8) is 0 Å². The highest BCUT2D eigenvalue weighted by Gasteiger charge is 2.20. The number of hydrogen-bond acceptors (Lipinski definition) is 4. The molecule has 2 rings (SSSR count). The van der Waals surface area contributed by atoms with Crippen LogP contribution in [0.4, 0.5) is 0 Å². The van der Waals surface area contributed by atoms with Gasteiger partial charge in [0.2, 0.25) is 0 Å². The summed E-state index contributed by atoms with van der Waals surface area (Å²) in [4.78, 5) is 16.0. The van der Waals surface area contributed by atoms with Crippen LogP contribution < -0.4 is 0 Å². The topological polar surface area (TPSA) is 59.4 Å². The Morgan fingerprint density at radius 3 is 2.80 bits per heavy atom. The molecule has 0 saturated carbocycles. The minimum atomic E-state index is -0.884. The zero-order valence-electron chi connectivity index (χ0n) is 14.7. The summed E-state index contributed by atoms with van der Waals surface area (Å²) in [6.07, 6.45) is 7.51. The van der Waals surface area contributed by atoms with Crippen molar-refractivity contribution in [2.75, 3.05) is 7.11 Å². The zero-order valence-corrected chi connectivity index (χ0v) is 15.5. The molecule has 25 heavy (non-hydrogen) atoms. The summed E-state index contributed by atoms with van der Waals surface area (Å²) in [5.41, 5.74) is 3.34. The number of nitrogens with zero attached hydrogens (tertiary/aromatic N) is 1. The smallest absolute Gasteiger partial charge is 0.310 e. The van der Waals surface area contributed by atoms with Gasteiger partial charge in [0.05, 0.1) is 30.0 Å². The van der Waals surface area contributed by atoms with Crippen molar-refractivity contribution < 1.29 is 14.6 Å². The van der Waals surface area contributed by atoms with Crippen molar-refractivity contribution in [3.8, 4) is 0 Å². The van der Waals surface area contributed by atoms with Crippen LogP contribution in [-0.4, -0.2) is 23.2 Å². The second kappa shape index (κ2) is 9.18. The van der Waals surface area contributed by atoms with E-state index < -0.39 is 11.9 Å². The number of aromatic nitrogens is 1. The summed E-state index contributed by atoms with van der Waals surface area (Å²) in [5.74, 6) is -1.55. The average Bonchev–Trinajstić information content (AvgIpc) is 3.05. The molecule has 0 aliphatic carbocycles. The Morgan fingerprint density at radius 1 is 1.36 bits per heavy atom. The number of hydrogen-bond donors (Lipinski definition) is 1. The number of aliphatic carboxylic acids is 1. The van der Waals surface area contributed by atoms with Gasteiger partial charge in [0.15, 0.2) is 0 Å². The number of carbonyl (C=O) groups is 1. The van der Waals surface area contributed by atoms with E-state index in [1.54, 1.807) is 18.3 Å². The van der Waals surface area contributed by atoms with Crippen molar-refractivity contribution in [1.82, 2.24) is 4.98 Å². The molecule has 1 unspecified atom stereocenters. The molecule has 0 amide bonds. The molecule has 0 bridgehead atoms. The van der Waals surface area contributed by atoms with Gasteiger partial charge < -0.3 is 9.84 Å². The van der Waals surface area contributed by atoms with E-state index in [0.29, 0.717) is 5.57 Å². The maximum Gasteiger partial charge on any atom is 0.310 e. The molecular formula is C20H23NO3S. The van der Waals surface area contributed by atoms with Gasteiger partial charge >= 0.3 is 5.97 Å². The van der Waals surface area contributed by atoms with Crippen LogP contribution in [0.25, 0.3) is 17.7 Å². The van der Waals surface area contributed by atoms with E-state index in [1.165, 1.54) is 13.4 Å². The monoisotopic (exact) mass is 357 g/mol. The minimum absolute atomic E-state index is 0.639. The highest BCUT2D eigenvalue weighted by Crippen LogP contribution is 2.28. The van der Waals surface area contributed by atoms with Crippen LogP contribution in [0.2, 0.25) is 0 Å². The Labute approximate surface area is 152 Å². The quantitative estimate of drug-likeness (QED) is 0.677. The van der Waals surface area contributed by atoms with Gasteiger partial charge in [-0.15, -0.1) is 11.3 Å². The number of ether oxygens (including phenoxy) is 1.